The number of hydrogen-bond acceptors (Lipinski definition) is 2. The number of ether oxygens (including phenoxy) is 1. The number of para-hydroxylation sites is 1. The van der Waals surface area contributed by atoms with Gasteiger partial charge in [-0.15, -0.1) is 0 Å². The summed E-state index contributed by atoms with van der Waals surface area (Å²) in [5, 5.41) is 3.77. The van der Waals surface area contributed by atoms with E-state index in [0.29, 0.717) is 5.02 Å². The molecule has 26 heavy (non-hydrogen) atoms. The van der Waals surface area contributed by atoms with Crippen molar-refractivity contribution in [1.29, 1.82) is 0 Å². The molecule has 0 saturated carbocycles. The summed E-state index contributed by atoms with van der Waals surface area (Å²) in [5.74, 6) is 0.732. The van der Waals surface area contributed by atoms with Gasteiger partial charge in [-0.1, -0.05) is 61.8 Å². The molecule has 3 nitrogen and oxygen atoms in total. The predicted molar refractivity (Wildman–Crippen MR) is 106 cm³/mol. The Balaban J connectivity index is 1.79. The monoisotopic (exact) mass is 369 g/mol. The van der Waals surface area contributed by atoms with E-state index in [1.54, 1.807) is 12.2 Å². The van der Waals surface area contributed by atoms with Crippen LogP contribution in [0.1, 0.15) is 50.3 Å². The number of amides is 1. The SMILES string of the molecule is CCC1(CC)CC(NC(=O)/C=C/c2ccccc2Cl)c2ccccc2O1. The second kappa shape index (κ2) is 7.96. The average Bonchev–Trinajstić information content (AvgIpc) is 2.67. The number of carbonyl (C=O) groups is 1. The average molecular weight is 370 g/mol. The maximum Gasteiger partial charge on any atom is 0.244 e. The molecule has 1 aliphatic rings. The molecule has 0 saturated heterocycles. The van der Waals surface area contributed by atoms with E-state index < -0.39 is 0 Å². The molecule has 3 rings (SSSR count). The summed E-state index contributed by atoms with van der Waals surface area (Å²) in [6, 6.07) is 15.3. The highest BCUT2D eigenvalue weighted by atomic mass is 35.5. The summed E-state index contributed by atoms with van der Waals surface area (Å²) < 4.78 is 6.29. The fourth-order valence-corrected chi connectivity index (χ4v) is 3.62. The molecule has 0 spiro atoms. The van der Waals surface area contributed by atoms with Crippen molar-refractivity contribution in [3.63, 3.8) is 0 Å². The fraction of sp³-hybridized carbons (Fsp3) is 0.318. The Morgan fingerprint density at radius 1 is 1.19 bits per heavy atom. The molecule has 1 atom stereocenters. The van der Waals surface area contributed by atoms with E-state index in [9.17, 15) is 4.79 Å². The van der Waals surface area contributed by atoms with Gasteiger partial charge in [0.25, 0.3) is 0 Å². The van der Waals surface area contributed by atoms with Gasteiger partial charge in [-0.2, -0.15) is 0 Å². The Hall–Kier alpha value is -2.26. The van der Waals surface area contributed by atoms with Gasteiger partial charge in [0.2, 0.25) is 5.91 Å². The quantitative estimate of drug-likeness (QED) is 0.701. The van der Waals surface area contributed by atoms with Crippen molar-refractivity contribution < 1.29 is 9.53 Å². The Morgan fingerprint density at radius 3 is 2.62 bits per heavy atom. The minimum absolute atomic E-state index is 0.0664. The van der Waals surface area contributed by atoms with Gasteiger partial charge in [-0.05, 0) is 36.6 Å². The molecular weight excluding hydrogens is 346 g/mol. The normalized spacial score (nSPS) is 18.2. The minimum Gasteiger partial charge on any atom is -0.487 e. The number of rotatable bonds is 5. The maximum absolute atomic E-state index is 12.5. The zero-order valence-electron chi connectivity index (χ0n) is 15.2. The molecule has 4 heteroatoms. The Kier molecular flexibility index (Phi) is 5.67. The fourth-order valence-electron chi connectivity index (χ4n) is 3.43. The highest BCUT2D eigenvalue weighted by molar-refractivity contribution is 6.32. The highest BCUT2D eigenvalue weighted by Crippen LogP contribution is 2.42. The number of fused-ring (bicyclic) bond motifs is 1. The lowest BCUT2D eigenvalue weighted by molar-refractivity contribution is -0.117. The van der Waals surface area contributed by atoms with Crippen LogP contribution < -0.4 is 10.1 Å². The van der Waals surface area contributed by atoms with Crippen LogP contribution in [-0.2, 0) is 4.79 Å². The van der Waals surface area contributed by atoms with Crippen molar-refractivity contribution in [2.75, 3.05) is 0 Å². The number of carbonyl (C=O) groups excluding carboxylic acids is 1. The van der Waals surface area contributed by atoms with E-state index in [2.05, 4.69) is 19.2 Å². The van der Waals surface area contributed by atoms with Gasteiger partial charge in [0, 0.05) is 23.1 Å². The van der Waals surface area contributed by atoms with Crippen molar-refractivity contribution in [3.8, 4) is 5.75 Å². The highest BCUT2D eigenvalue weighted by Gasteiger charge is 2.38. The first-order valence-electron chi connectivity index (χ1n) is 9.08. The Bertz CT molecular complexity index is 811. The molecule has 136 valence electrons. The summed E-state index contributed by atoms with van der Waals surface area (Å²) in [5.41, 5.74) is 1.62. The van der Waals surface area contributed by atoms with E-state index in [4.69, 9.17) is 16.3 Å². The topological polar surface area (TPSA) is 38.3 Å². The lowest BCUT2D eigenvalue weighted by atomic mass is 9.83. The molecule has 1 amide bonds. The van der Waals surface area contributed by atoms with Crippen LogP contribution in [0.25, 0.3) is 6.08 Å². The summed E-state index contributed by atoms with van der Waals surface area (Å²) in [6.45, 7) is 4.27. The molecule has 1 heterocycles. The second-order valence-electron chi connectivity index (χ2n) is 6.65. The van der Waals surface area contributed by atoms with Crippen LogP contribution in [0.4, 0.5) is 0 Å². The van der Waals surface area contributed by atoms with Gasteiger partial charge in [-0.25, -0.2) is 0 Å². The van der Waals surface area contributed by atoms with Crippen LogP contribution in [0.2, 0.25) is 5.02 Å². The van der Waals surface area contributed by atoms with Gasteiger partial charge in [0.15, 0.2) is 0 Å². The first kappa shape index (κ1) is 18.5. The third-order valence-electron chi connectivity index (χ3n) is 5.12. The predicted octanol–water partition coefficient (Wildman–Crippen LogP) is 5.55. The molecule has 2 aromatic carbocycles. The Morgan fingerprint density at radius 2 is 1.88 bits per heavy atom. The Labute approximate surface area is 160 Å². The third kappa shape index (κ3) is 3.94. The first-order valence-corrected chi connectivity index (χ1v) is 9.46. The van der Waals surface area contributed by atoms with Crippen LogP contribution >= 0.6 is 11.6 Å². The van der Waals surface area contributed by atoms with Gasteiger partial charge in [-0.3, -0.25) is 4.79 Å². The first-order chi connectivity index (χ1) is 12.6. The van der Waals surface area contributed by atoms with Gasteiger partial charge in [0.05, 0.1) is 6.04 Å². The smallest absolute Gasteiger partial charge is 0.244 e. The maximum atomic E-state index is 12.5. The molecule has 0 aliphatic carbocycles. The van der Waals surface area contributed by atoms with E-state index in [1.165, 1.54) is 0 Å². The van der Waals surface area contributed by atoms with Crippen molar-refractivity contribution in [2.45, 2.75) is 44.8 Å². The molecule has 1 aliphatic heterocycles. The van der Waals surface area contributed by atoms with E-state index >= 15 is 0 Å². The molecule has 0 aromatic heterocycles. The summed E-state index contributed by atoms with van der Waals surface area (Å²) in [4.78, 5) is 12.5. The number of halogens is 1. The van der Waals surface area contributed by atoms with E-state index in [-0.39, 0.29) is 17.6 Å². The molecule has 0 radical (unpaired) electrons. The summed E-state index contributed by atoms with van der Waals surface area (Å²) in [7, 11) is 0. The molecule has 0 bridgehead atoms. The van der Waals surface area contributed by atoms with Gasteiger partial charge < -0.3 is 10.1 Å². The standard InChI is InChI=1S/C22H24ClNO2/c1-3-22(4-2)15-19(17-10-6-8-12-20(17)26-22)24-21(25)14-13-16-9-5-7-11-18(16)23/h5-14,19H,3-4,15H2,1-2H3,(H,24,25)/b14-13+. The van der Waals surface area contributed by atoms with Gasteiger partial charge in [0.1, 0.15) is 11.4 Å². The van der Waals surface area contributed by atoms with Crippen molar-refractivity contribution in [1.82, 2.24) is 5.32 Å². The van der Waals surface area contributed by atoms with Crippen molar-refractivity contribution >= 4 is 23.6 Å². The minimum atomic E-state index is -0.237. The summed E-state index contributed by atoms with van der Waals surface area (Å²) >= 11 is 6.14. The van der Waals surface area contributed by atoms with Crippen molar-refractivity contribution in [3.05, 3.63) is 70.8 Å². The number of benzene rings is 2. The number of hydrogen-bond donors (Lipinski definition) is 1. The van der Waals surface area contributed by atoms with Crippen LogP contribution in [0.5, 0.6) is 5.75 Å². The number of nitrogens with one attached hydrogen (secondary N) is 1. The van der Waals surface area contributed by atoms with Crippen LogP contribution in [0, 0.1) is 0 Å². The third-order valence-corrected chi connectivity index (χ3v) is 5.47. The van der Waals surface area contributed by atoms with Gasteiger partial charge >= 0.3 is 0 Å². The zero-order valence-corrected chi connectivity index (χ0v) is 15.9. The summed E-state index contributed by atoms with van der Waals surface area (Å²) in [6.07, 6.45) is 5.86. The molecule has 2 aromatic rings. The second-order valence-corrected chi connectivity index (χ2v) is 7.06. The molecule has 1 unspecified atom stereocenters. The van der Waals surface area contributed by atoms with Crippen molar-refractivity contribution in [2.24, 2.45) is 0 Å². The van der Waals surface area contributed by atoms with E-state index in [0.717, 1.165) is 36.1 Å². The molecule has 1 N–H and O–H groups in total. The lowest BCUT2D eigenvalue weighted by Gasteiger charge is -2.41. The molecule has 0 fully saturated rings. The lowest BCUT2D eigenvalue weighted by Crippen LogP contribution is -2.44. The molecular formula is C22H24ClNO2. The largest absolute Gasteiger partial charge is 0.487 e. The van der Waals surface area contributed by atoms with Crippen LogP contribution in [0.15, 0.2) is 54.6 Å². The van der Waals surface area contributed by atoms with E-state index in [1.807, 2.05) is 48.5 Å². The van der Waals surface area contributed by atoms with Crippen LogP contribution in [0.3, 0.4) is 0 Å². The van der Waals surface area contributed by atoms with Crippen LogP contribution in [-0.4, -0.2) is 11.5 Å². The zero-order chi connectivity index (χ0) is 18.6.